The molecule has 5 rings (SSSR count). The number of carbonyl (C=O) groups is 3. The van der Waals surface area contributed by atoms with Crippen LogP contribution in [0.4, 0.5) is 20.2 Å². The van der Waals surface area contributed by atoms with Crippen molar-refractivity contribution < 1.29 is 23.2 Å². The summed E-state index contributed by atoms with van der Waals surface area (Å²) in [6.45, 7) is 4.51. The van der Waals surface area contributed by atoms with E-state index in [9.17, 15) is 14.4 Å². The zero-order valence-electron chi connectivity index (χ0n) is 27.8. The molecule has 0 spiro atoms. The van der Waals surface area contributed by atoms with Crippen molar-refractivity contribution in [3.63, 3.8) is 0 Å². The first-order valence-corrected chi connectivity index (χ1v) is 16.3. The number of pyridine rings is 1. The predicted molar refractivity (Wildman–Crippen MR) is 185 cm³/mol. The molecule has 3 amide bonds. The van der Waals surface area contributed by atoms with Gasteiger partial charge in [-0.2, -0.15) is 0 Å². The normalized spacial score (nSPS) is 13.9. The second-order valence-corrected chi connectivity index (χ2v) is 12.7. The number of rotatable bonds is 10. The first kappa shape index (κ1) is 35.4. The van der Waals surface area contributed by atoms with Crippen LogP contribution in [0.15, 0.2) is 54.9 Å². The molecule has 0 saturated carbocycles. The van der Waals surface area contributed by atoms with Gasteiger partial charge in [0.15, 0.2) is 17.5 Å². The minimum absolute atomic E-state index is 0.0335. The molecule has 1 unspecified atom stereocenters. The quantitative estimate of drug-likeness (QED) is 0.234. The molecule has 3 heterocycles. The van der Waals surface area contributed by atoms with E-state index in [0.717, 1.165) is 19.4 Å². The molecular formula is C35H39ClF2N8O3. The lowest BCUT2D eigenvalue weighted by Crippen LogP contribution is -2.52. The summed E-state index contributed by atoms with van der Waals surface area (Å²) < 4.78 is 31.7. The number of carbonyl (C=O) groups excluding carboxylic acids is 3. The topological polar surface area (TPSA) is 130 Å². The summed E-state index contributed by atoms with van der Waals surface area (Å²) in [5.74, 6) is -3.08. The maximum atomic E-state index is 15.3. The summed E-state index contributed by atoms with van der Waals surface area (Å²) in [4.78, 5) is 53.3. The number of halogens is 3. The van der Waals surface area contributed by atoms with E-state index in [0.29, 0.717) is 37.6 Å². The van der Waals surface area contributed by atoms with E-state index in [-0.39, 0.29) is 56.7 Å². The minimum atomic E-state index is -1.11. The molecule has 2 aromatic carbocycles. The first-order chi connectivity index (χ1) is 23.4. The number of nitrogen functional groups attached to an aromatic ring is 1. The Morgan fingerprint density at radius 3 is 2.27 bits per heavy atom. The maximum absolute atomic E-state index is 15.3. The Balaban J connectivity index is 1.22. The number of nitrogens with one attached hydrogen (secondary N) is 1. The summed E-state index contributed by atoms with van der Waals surface area (Å²) >= 11 is 6.51. The van der Waals surface area contributed by atoms with Crippen LogP contribution in [-0.4, -0.2) is 93.8 Å². The van der Waals surface area contributed by atoms with Crippen molar-refractivity contribution in [2.24, 2.45) is 13.0 Å². The van der Waals surface area contributed by atoms with Gasteiger partial charge in [0.2, 0.25) is 5.91 Å². The van der Waals surface area contributed by atoms with Crippen LogP contribution in [0.3, 0.4) is 0 Å². The van der Waals surface area contributed by atoms with Gasteiger partial charge in [-0.25, -0.2) is 13.8 Å². The van der Waals surface area contributed by atoms with E-state index in [1.807, 2.05) is 25.9 Å². The van der Waals surface area contributed by atoms with Crippen LogP contribution in [0.1, 0.15) is 40.7 Å². The Labute approximate surface area is 288 Å². The highest BCUT2D eigenvalue weighted by molar-refractivity contribution is 6.34. The van der Waals surface area contributed by atoms with Gasteiger partial charge < -0.3 is 30.3 Å². The average Bonchev–Trinajstić information content (AvgIpc) is 3.47. The zero-order valence-corrected chi connectivity index (χ0v) is 28.6. The molecule has 1 aliphatic rings. The van der Waals surface area contributed by atoms with E-state index in [2.05, 4.69) is 20.2 Å². The highest BCUT2D eigenvalue weighted by Crippen LogP contribution is 2.31. The molecule has 14 heteroatoms. The molecule has 1 atom stereocenters. The lowest BCUT2D eigenvalue weighted by molar-refractivity contribution is -0.137. The molecule has 1 fully saturated rings. The molecule has 2 aromatic heterocycles. The van der Waals surface area contributed by atoms with Crippen LogP contribution in [0.25, 0.3) is 22.5 Å². The van der Waals surface area contributed by atoms with Gasteiger partial charge in [-0.1, -0.05) is 18.5 Å². The third kappa shape index (κ3) is 7.73. The van der Waals surface area contributed by atoms with Gasteiger partial charge >= 0.3 is 0 Å². The number of amides is 3. The smallest absolute Gasteiger partial charge is 0.291 e. The predicted octanol–water partition coefficient (Wildman–Crippen LogP) is 5.18. The largest absolute Gasteiger partial charge is 0.397 e. The lowest BCUT2D eigenvalue weighted by atomic mass is 10.00. The highest BCUT2D eigenvalue weighted by Gasteiger charge is 2.29. The molecule has 3 N–H and O–H groups in total. The van der Waals surface area contributed by atoms with Crippen LogP contribution in [0.2, 0.25) is 5.02 Å². The number of piperazine rings is 1. The van der Waals surface area contributed by atoms with Crippen molar-refractivity contribution in [1.82, 2.24) is 29.2 Å². The standard InChI is InChI=1S/C35H39ClF2N8O3/c1-5-21(12-13-43(2)3)34(48)45-14-16-46(17-15-45)35(49)24-8-7-23(18-27(24)36)42-33(47)32-41-20-29(44(32)4)26-10-9-25(30(37)31(26)38)28-11-6-22(39)19-40-28/h6-11,18-21H,5,12-17,39H2,1-4H3,(H,42,47). The Morgan fingerprint density at radius 2 is 1.63 bits per heavy atom. The summed E-state index contributed by atoms with van der Waals surface area (Å²) in [6.07, 6.45) is 4.19. The molecule has 0 radical (unpaired) electrons. The van der Waals surface area contributed by atoms with Crippen molar-refractivity contribution in [2.45, 2.75) is 19.8 Å². The Morgan fingerprint density at radius 1 is 0.959 bits per heavy atom. The van der Waals surface area contributed by atoms with Gasteiger partial charge in [0.25, 0.3) is 11.8 Å². The number of hydrogen-bond donors (Lipinski definition) is 2. The minimum Gasteiger partial charge on any atom is -0.397 e. The third-order valence-corrected chi connectivity index (χ3v) is 9.03. The SMILES string of the molecule is CCC(CCN(C)C)C(=O)N1CCN(C(=O)c2ccc(NC(=O)c3ncc(-c4ccc(-c5ccc(N)cn5)c(F)c4F)n3C)cc2Cl)CC1. The van der Waals surface area contributed by atoms with Crippen LogP contribution >= 0.6 is 11.6 Å². The van der Waals surface area contributed by atoms with Crippen LogP contribution in [0, 0.1) is 17.6 Å². The summed E-state index contributed by atoms with van der Waals surface area (Å²) in [6, 6.07) is 10.4. The van der Waals surface area contributed by atoms with E-state index < -0.39 is 17.5 Å². The second kappa shape index (κ2) is 15.1. The average molecular weight is 693 g/mol. The van der Waals surface area contributed by atoms with Gasteiger partial charge in [0.1, 0.15) is 0 Å². The van der Waals surface area contributed by atoms with Gasteiger partial charge in [-0.05, 0) is 75.9 Å². The lowest BCUT2D eigenvalue weighted by Gasteiger charge is -2.36. The molecule has 258 valence electrons. The van der Waals surface area contributed by atoms with Crippen LogP contribution < -0.4 is 11.1 Å². The van der Waals surface area contributed by atoms with Crippen LogP contribution in [-0.2, 0) is 11.8 Å². The number of nitrogens with two attached hydrogens (primary N) is 1. The number of benzene rings is 2. The zero-order chi connectivity index (χ0) is 35.4. The fraction of sp³-hybridized carbons (Fsp3) is 0.343. The maximum Gasteiger partial charge on any atom is 0.291 e. The summed E-state index contributed by atoms with van der Waals surface area (Å²) in [7, 11) is 5.49. The molecule has 49 heavy (non-hydrogen) atoms. The van der Waals surface area contributed by atoms with Crippen molar-refractivity contribution in [3.8, 4) is 22.5 Å². The van der Waals surface area contributed by atoms with Gasteiger partial charge in [-0.3, -0.25) is 19.4 Å². The number of aromatic nitrogens is 3. The van der Waals surface area contributed by atoms with Crippen LogP contribution in [0.5, 0.6) is 0 Å². The summed E-state index contributed by atoms with van der Waals surface area (Å²) in [5, 5.41) is 2.84. The van der Waals surface area contributed by atoms with Gasteiger partial charge in [0.05, 0.1) is 40.1 Å². The van der Waals surface area contributed by atoms with E-state index >= 15 is 8.78 Å². The first-order valence-electron chi connectivity index (χ1n) is 15.9. The Bertz CT molecular complexity index is 1860. The second-order valence-electron chi connectivity index (χ2n) is 12.3. The molecule has 1 aliphatic heterocycles. The van der Waals surface area contributed by atoms with E-state index in [4.69, 9.17) is 17.3 Å². The van der Waals surface area contributed by atoms with Crippen molar-refractivity contribution in [2.75, 3.05) is 57.9 Å². The molecule has 1 saturated heterocycles. The Kier molecular flexibility index (Phi) is 10.9. The molecule has 0 bridgehead atoms. The number of anilines is 2. The third-order valence-electron chi connectivity index (χ3n) is 8.71. The van der Waals surface area contributed by atoms with Gasteiger partial charge in [0, 0.05) is 56.0 Å². The number of nitrogens with zero attached hydrogens (tertiary/aromatic N) is 6. The van der Waals surface area contributed by atoms with Crippen molar-refractivity contribution >= 4 is 40.7 Å². The monoisotopic (exact) mass is 692 g/mol. The summed E-state index contributed by atoms with van der Waals surface area (Å²) in [5.41, 5.74) is 6.90. The Hall–Kier alpha value is -4.88. The fourth-order valence-electron chi connectivity index (χ4n) is 5.81. The molecule has 0 aliphatic carbocycles. The van der Waals surface area contributed by atoms with E-state index in [1.54, 1.807) is 17.0 Å². The number of imidazole rings is 1. The number of hydrogen-bond acceptors (Lipinski definition) is 7. The van der Waals surface area contributed by atoms with Crippen molar-refractivity contribution in [1.29, 1.82) is 0 Å². The molecule has 4 aromatic rings. The molecule has 11 nitrogen and oxygen atoms in total. The van der Waals surface area contributed by atoms with Gasteiger partial charge in [-0.15, -0.1) is 0 Å². The molecular weight excluding hydrogens is 654 g/mol. The van der Waals surface area contributed by atoms with E-state index in [1.165, 1.54) is 54.3 Å². The van der Waals surface area contributed by atoms with Crippen molar-refractivity contribution in [3.05, 3.63) is 82.9 Å². The highest BCUT2D eigenvalue weighted by atomic mass is 35.5. The fourth-order valence-corrected chi connectivity index (χ4v) is 6.07.